The maximum Gasteiger partial charge on any atom is 0.238 e. The Morgan fingerprint density at radius 3 is 1.67 bits per heavy atom. The predicted octanol–water partition coefficient (Wildman–Crippen LogP) is 9.40. The first-order valence-corrected chi connectivity index (χ1v) is 15.9. The first-order valence-electron chi connectivity index (χ1n) is 15.9. The minimum atomic E-state index is 0.542. The number of pyridine rings is 2. The zero-order chi connectivity index (χ0) is 31.3. The Hall–Kier alpha value is -6.73. The molecule has 7 nitrogen and oxygen atoms in total. The Labute approximate surface area is 272 Å². The number of hydrogen-bond acceptors (Lipinski definition) is 5. The summed E-state index contributed by atoms with van der Waals surface area (Å²) in [5, 5.41) is 9.81. The van der Waals surface area contributed by atoms with Gasteiger partial charge in [-0.1, -0.05) is 72.8 Å². The van der Waals surface area contributed by atoms with Gasteiger partial charge >= 0.3 is 0 Å². The highest BCUT2D eigenvalue weighted by Gasteiger charge is 2.22. The average Bonchev–Trinajstić information content (AvgIpc) is 3.81. The first-order chi connectivity index (χ1) is 23.8. The van der Waals surface area contributed by atoms with E-state index in [1.165, 1.54) is 54.3 Å². The predicted molar refractivity (Wildman–Crippen MR) is 193 cm³/mol. The van der Waals surface area contributed by atoms with Crippen molar-refractivity contribution >= 4 is 70.7 Å². The molecular weight excluding hydrogens is 591 g/mol. The van der Waals surface area contributed by atoms with Gasteiger partial charge < -0.3 is 4.40 Å². The fourth-order valence-corrected chi connectivity index (χ4v) is 7.71. The van der Waals surface area contributed by atoms with Crippen molar-refractivity contribution in [1.29, 1.82) is 0 Å². The van der Waals surface area contributed by atoms with Gasteiger partial charge in [0.05, 0.1) is 27.6 Å². The minimum absolute atomic E-state index is 0.542. The average molecular weight is 614 g/mol. The van der Waals surface area contributed by atoms with Gasteiger partial charge in [0.15, 0.2) is 11.6 Å². The Balaban J connectivity index is 1.27. The molecule has 0 aliphatic heterocycles. The summed E-state index contributed by atoms with van der Waals surface area (Å²) in [6, 6.07) is 40.7. The number of fused-ring (bicyclic) bond motifs is 12. The van der Waals surface area contributed by atoms with E-state index in [-0.39, 0.29) is 0 Å². The SMILES string of the molecule is c1cncc(-c2nc(-c3cccnc3)nc(-n3c4ccccc4c4c5ccc6c7cccc8c9ccccc9n(c6c5ccc43)c87)n2)c1. The second kappa shape index (κ2) is 9.40. The van der Waals surface area contributed by atoms with Crippen molar-refractivity contribution in [3.8, 4) is 28.7 Å². The van der Waals surface area contributed by atoms with Crippen LogP contribution in [0, 0.1) is 0 Å². The Morgan fingerprint density at radius 2 is 0.958 bits per heavy atom. The lowest BCUT2D eigenvalue weighted by molar-refractivity contribution is 0.951. The molecule has 0 radical (unpaired) electrons. The van der Waals surface area contributed by atoms with Crippen LogP contribution in [0.25, 0.3) is 99.4 Å². The van der Waals surface area contributed by atoms with Gasteiger partial charge in [-0.15, -0.1) is 0 Å². The molecule has 6 aromatic heterocycles. The van der Waals surface area contributed by atoms with E-state index in [2.05, 4.69) is 110 Å². The topological polar surface area (TPSA) is 73.8 Å². The van der Waals surface area contributed by atoms with Gasteiger partial charge in [-0.3, -0.25) is 14.5 Å². The number of nitrogens with zero attached hydrogens (tertiary/aromatic N) is 7. The van der Waals surface area contributed by atoms with E-state index in [9.17, 15) is 0 Å². The minimum Gasteiger partial charge on any atom is -0.307 e. The van der Waals surface area contributed by atoms with Crippen LogP contribution in [0.5, 0.6) is 0 Å². The molecule has 48 heavy (non-hydrogen) atoms. The summed E-state index contributed by atoms with van der Waals surface area (Å²) < 4.78 is 4.63. The summed E-state index contributed by atoms with van der Waals surface area (Å²) in [6.45, 7) is 0. The van der Waals surface area contributed by atoms with Crippen LogP contribution in [0.4, 0.5) is 0 Å². The molecule has 11 aromatic rings. The van der Waals surface area contributed by atoms with Gasteiger partial charge in [0.1, 0.15) is 0 Å². The molecule has 0 unspecified atom stereocenters. The van der Waals surface area contributed by atoms with Crippen molar-refractivity contribution in [2.24, 2.45) is 0 Å². The largest absolute Gasteiger partial charge is 0.307 e. The third kappa shape index (κ3) is 3.34. The van der Waals surface area contributed by atoms with E-state index in [0.29, 0.717) is 17.6 Å². The van der Waals surface area contributed by atoms with Gasteiger partial charge in [0.2, 0.25) is 5.95 Å². The van der Waals surface area contributed by atoms with Crippen molar-refractivity contribution in [2.45, 2.75) is 0 Å². The van der Waals surface area contributed by atoms with E-state index in [1.807, 2.05) is 24.3 Å². The molecule has 11 rings (SSSR count). The Morgan fingerprint density at radius 1 is 0.396 bits per heavy atom. The molecule has 0 bridgehead atoms. The van der Waals surface area contributed by atoms with Crippen molar-refractivity contribution in [2.75, 3.05) is 0 Å². The number of rotatable bonds is 3. The van der Waals surface area contributed by atoms with Crippen LogP contribution >= 0.6 is 0 Å². The maximum atomic E-state index is 5.07. The summed E-state index contributed by atoms with van der Waals surface area (Å²) in [6.07, 6.45) is 7.07. The fourth-order valence-electron chi connectivity index (χ4n) is 7.71. The molecule has 0 saturated carbocycles. The van der Waals surface area contributed by atoms with E-state index >= 15 is 0 Å². The quantitative estimate of drug-likeness (QED) is 0.199. The van der Waals surface area contributed by atoms with Gasteiger partial charge in [-0.2, -0.15) is 9.97 Å². The molecule has 0 saturated heterocycles. The van der Waals surface area contributed by atoms with Crippen molar-refractivity contribution in [1.82, 2.24) is 33.9 Å². The van der Waals surface area contributed by atoms with Crippen LogP contribution in [0.3, 0.4) is 0 Å². The van der Waals surface area contributed by atoms with Crippen LogP contribution in [-0.4, -0.2) is 33.9 Å². The monoisotopic (exact) mass is 613 g/mol. The van der Waals surface area contributed by atoms with Crippen molar-refractivity contribution in [3.63, 3.8) is 0 Å². The maximum absolute atomic E-state index is 5.07. The summed E-state index contributed by atoms with van der Waals surface area (Å²) in [4.78, 5) is 23.7. The van der Waals surface area contributed by atoms with Crippen LogP contribution < -0.4 is 0 Å². The third-order valence-corrected chi connectivity index (χ3v) is 9.68. The van der Waals surface area contributed by atoms with E-state index in [4.69, 9.17) is 15.0 Å². The molecule has 5 aromatic carbocycles. The lowest BCUT2D eigenvalue weighted by Crippen LogP contribution is -2.06. The van der Waals surface area contributed by atoms with E-state index < -0.39 is 0 Å². The lowest BCUT2D eigenvalue weighted by atomic mass is 10.0. The standard InChI is InChI=1S/C41H23N7/c1-3-14-33-26(10-1)28-12-5-13-29-31-17-16-27-30(38(31)48(33)37(28)29)18-19-35-36(27)32-11-2-4-15-34(32)47(35)41-45-39(24-8-6-20-42-22-24)44-40(46-41)25-9-7-21-43-23-25/h1-23H. The molecule has 6 heterocycles. The zero-order valence-electron chi connectivity index (χ0n) is 25.4. The highest BCUT2D eigenvalue weighted by molar-refractivity contribution is 6.31. The second-order valence-electron chi connectivity index (χ2n) is 12.2. The summed E-state index contributed by atoms with van der Waals surface area (Å²) in [7, 11) is 0. The molecule has 0 N–H and O–H groups in total. The van der Waals surface area contributed by atoms with Gasteiger partial charge in [-0.05, 0) is 47.9 Å². The summed E-state index contributed by atoms with van der Waals surface area (Å²) in [5.41, 5.74) is 7.43. The van der Waals surface area contributed by atoms with Gasteiger partial charge in [0, 0.05) is 73.6 Å². The van der Waals surface area contributed by atoms with Gasteiger partial charge in [-0.25, -0.2) is 4.98 Å². The molecular formula is C41H23N7. The number of aromatic nitrogens is 7. The Kier molecular flexibility index (Phi) is 4.99. The number of benzene rings is 5. The fraction of sp³-hybridized carbons (Fsp3) is 0. The highest BCUT2D eigenvalue weighted by atomic mass is 15.2. The zero-order valence-corrected chi connectivity index (χ0v) is 25.4. The van der Waals surface area contributed by atoms with Crippen molar-refractivity contribution < 1.29 is 0 Å². The normalized spacial score (nSPS) is 12.2. The van der Waals surface area contributed by atoms with E-state index in [0.717, 1.165) is 27.5 Å². The molecule has 7 heteroatoms. The molecule has 0 amide bonds. The number of hydrogen-bond donors (Lipinski definition) is 0. The molecule has 0 fully saturated rings. The summed E-state index contributed by atoms with van der Waals surface area (Å²) >= 11 is 0. The smallest absolute Gasteiger partial charge is 0.238 e. The lowest BCUT2D eigenvalue weighted by Gasteiger charge is -2.11. The summed E-state index contributed by atoms with van der Waals surface area (Å²) in [5.74, 6) is 1.65. The van der Waals surface area contributed by atoms with E-state index in [1.54, 1.807) is 24.8 Å². The third-order valence-electron chi connectivity index (χ3n) is 9.68. The van der Waals surface area contributed by atoms with Crippen LogP contribution in [0.15, 0.2) is 140 Å². The van der Waals surface area contributed by atoms with Crippen LogP contribution in [0.2, 0.25) is 0 Å². The van der Waals surface area contributed by atoms with Crippen LogP contribution in [-0.2, 0) is 0 Å². The molecule has 0 atom stereocenters. The Bertz CT molecular complexity index is 2990. The molecule has 0 spiro atoms. The highest BCUT2D eigenvalue weighted by Crippen LogP contribution is 2.44. The van der Waals surface area contributed by atoms with Crippen molar-refractivity contribution in [3.05, 3.63) is 140 Å². The molecule has 0 aliphatic carbocycles. The molecule has 0 aliphatic rings. The molecule has 222 valence electrons. The van der Waals surface area contributed by atoms with Crippen LogP contribution in [0.1, 0.15) is 0 Å². The number of para-hydroxylation sites is 3. The van der Waals surface area contributed by atoms with Gasteiger partial charge in [0.25, 0.3) is 0 Å². The first kappa shape index (κ1) is 25.5. The second-order valence-corrected chi connectivity index (χ2v) is 12.2.